The molecule has 0 bridgehead atoms. The van der Waals surface area contributed by atoms with E-state index in [1.807, 2.05) is 0 Å². The molecule has 0 aromatic carbocycles. The smallest absolute Gasteiger partial charge is 0.400 e. The van der Waals surface area contributed by atoms with Gasteiger partial charge in [-0.15, -0.1) is 0 Å². The van der Waals surface area contributed by atoms with Crippen molar-refractivity contribution in [3.63, 3.8) is 0 Å². The molecule has 1 fully saturated rings. The number of aliphatic hydroxyl groups excluding tert-OH is 2. The molecule has 0 aliphatic carbocycles. The molecule has 0 radical (unpaired) electrons. The number of aromatic amines is 1. The summed E-state index contributed by atoms with van der Waals surface area (Å²) in [5.74, 6) is -1.11. The highest BCUT2D eigenvalue weighted by molar-refractivity contribution is 7.53. The summed E-state index contributed by atoms with van der Waals surface area (Å²) in [6.07, 6.45) is 0.0978. The van der Waals surface area contributed by atoms with E-state index in [4.69, 9.17) is 29.6 Å². The van der Waals surface area contributed by atoms with Crippen LogP contribution in [0.1, 0.15) is 19.1 Å². The van der Waals surface area contributed by atoms with Gasteiger partial charge in [0.15, 0.2) is 0 Å². The Balaban J connectivity index is 0.00000123. The maximum atomic E-state index is 13.1. The number of nitrogens with one attached hydrogen (secondary N) is 1. The first-order valence-electron chi connectivity index (χ1n) is 6.54. The van der Waals surface area contributed by atoms with Gasteiger partial charge in [-0.3, -0.25) is 14.3 Å². The monoisotopic (exact) mass is 375 g/mol. The fourth-order valence-electron chi connectivity index (χ4n) is 1.87. The van der Waals surface area contributed by atoms with E-state index in [-0.39, 0.29) is 6.61 Å². The minimum Gasteiger partial charge on any atom is -0.400 e. The zero-order chi connectivity index (χ0) is 18.9. The maximum absolute atomic E-state index is 13.1. The van der Waals surface area contributed by atoms with Crippen molar-refractivity contribution in [1.82, 2.24) is 9.55 Å². The summed E-state index contributed by atoms with van der Waals surface area (Å²) in [5.41, 5.74) is -1.92. The second-order valence-electron chi connectivity index (χ2n) is 4.24. The first-order valence-corrected chi connectivity index (χ1v) is 8.10. The van der Waals surface area contributed by atoms with Crippen LogP contribution in [0.15, 0.2) is 15.8 Å². The van der Waals surface area contributed by atoms with Gasteiger partial charge in [0.2, 0.25) is 5.82 Å². The molecule has 0 spiro atoms. The Morgan fingerprint density at radius 1 is 1.29 bits per heavy atom. The standard InChI is InChI=1S/C9H12FN2O7P.2CH4O/c10-6-3-12(9(14)11-8(6)13)7-2-1-5(19-7)4-18-20(15,16)17;2*1-2/h3,5,7,15-17H,1-2,4H2;2*2H,1H3/p+1. The van der Waals surface area contributed by atoms with Crippen LogP contribution in [0.4, 0.5) is 4.39 Å². The molecule has 1 aromatic heterocycles. The average molecular weight is 375 g/mol. The number of hydrogen-bond donors (Lipinski definition) is 6. The number of hydrogen-bond acceptors (Lipinski definition) is 9. The molecule has 13 heteroatoms. The molecule has 2 unspecified atom stereocenters. The van der Waals surface area contributed by atoms with Crippen molar-refractivity contribution in [2.45, 2.75) is 25.2 Å². The number of aromatic nitrogens is 2. The molecular weight excluding hydrogens is 354 g/mol. The van der Waals surface area contributed by atoms with E-state index in [1.165, 1.54) is 0 Å². The Labute approximate surface area is 136 Å². The van der Waals surface area contributed by atoms with Gasteiger partial charge < -0.3 is 14.9 Å². The van der Waals surface area contributed by atoms with E-state index in [0.717, 1.165) is 25.0 Å². The molecule has 0 amide bonds. The van der Waals surface area contributed by atoms with Gasteiger partial charge in [0.05, 0.1) is 12.3 Å². The average Bonchev–Trinajstić information content (AvgIpc) is 3.01. The van der Waals surface area contributed by atoms with Crippen LogP contribution < -0.4 is 11.2 Å². The third-order valence-electron chi connectivity index (χ3n) is 2.75. The maximum Gasteiger partial charge on any atom is 0.567 e. The molecular formula is C11H21FN2O9P+. The number of nitrogens with zero attached hydrogens (tertiary/aromatic N) is 1. The lowest BCUT2D eigenvalue weighted by Gasteiger charge is -2.15. The van der Waals surface area contributed by atoms with Crippen molar-refractivity contribution in [3.8, 4) is 0 Å². The third-order valence-corrected chi connectivity index (χ3v) is 3.25. The molecule has 1 saturated heterocycles. The van der Waals surface area contributed by atoms with E-state index in [2.05, 4.69) is 4.52 Å². The minimum atomic E-state index is -4.34. The number of halogens is 1. The first kappa shape index (κ1) is 22.8. The molecule has 1 aromatic rings. The summed E-state index contributed by atoms with van der Waals surface area (Å²) >= 11 is 0. The predicted octanol–water partition coefficient (Wildman–Crippen LogP) is -1.76. The lowest BCUT2D eigenvalue weighted by Crippen LogP contribution is -2.34. The van der Waals surface area contributed by atoms with Gasteiger partial charge in [-0.25, -0.2) is 4.79 Å². The third kappa shape index (κ3) is 7.11. The molecule has 2 atom stereocenters. The highest BCUT2D eigenvalue weighted by Gasteiger charge is 2.37. The van der Waals surface area contributed by atoms with Crippen molar-refractivity contribution in [2.75, 3.05) is 20.8 Å². The van der Waals surface area contributed by atoms with Gasteiger partial charge in [-0.05, 0) is 12.8 Å². The molecule has 2 rings (SSSR count). The normalized spacial score (nSPS) is 19.8. The quantitative estimate of drug-likeness (QED) is 0.333. The molecule has 6 N–H and O–H groups in total. The number of rotatable bonds is 4. The molecule has 0 saturated carbocycles. The molecule has 1 aliphatic heterocycles. The van der Waals surface area contributed by atoms with Gasteiger partial charge in [0.25, 0.3) is 5.56 Å². The van der Waals surface area contributed by atoms with Crippen molar-refractivity contribution in [2.24, 2.45) is 0 Å². The number of H-pyrrole nitrogens is 1. The van der Waals surface area contributed by atoms with Crippen LogP contribution in [0.25, 0.3) is 0 Å². The Bertz CT molecular complexity index is 600. The highest BCUT2D eigenvalue weighted by atomic mass is 31.2. The highest BCUT2D eigenvalue weighted by Crippen LogP contribution is 2.46. The topological polar surface area (TPSA) is 174 Å². The second-order valence-corrected chi connectivity index (χ2v) is 5.53. The molecule has 24 heavy (non-hydrogen) atoms. The summed E-state index contributed by atoms with van der Waals surface area (Å²) in [6, 6.07) is 0. The van der Waals surface area contributed by atoms with Crippen molar-refractivity contribution in [3.05, 3.63) is 32.9 Å². The van der Waals surface area contributed by atoms with Crippen LogP contribution in [0.5, 0.6) is 0 Å². The fourth-order valence-corrected chi connectivity index (χ4v) is 2.24. The van der Waals surface area contributed by atoms with Gasteiger partial charge in [-0.2, -0.15) is 23.6 Å². The van der Waals surface area contributed by atoms with Crippen molar-refractivity contribution < 1.29 is 38.5 Å². The van der Waals surface area contributed by atoms with E-state index >= 15 is 0 Å². The summed E-state index contributed by atoms with van der Waals surface area (Å²) in [5, 5.41) is 14.0. The molecule has 11 nitrogen and oxygen atoms in total. The summed E-state index contributed by atoms with van der Waals surface area (Å²) in [7, 11) is -2.34. The van der Waals surface area contributed by atoms with Gasteiger partial charge in [0, 0.05) is 14.2 Å². The van der Waals surface area contributed by atoms with Crippen molar-refractivity contribution >= 4 is 8.17 Å². The Kier molecular flexibility index (Phi) is 10.0. The Morgan fingerprint density at radius 3 is 2.42 bits per heavy atom. The van der Waals surface area contributed by atoms with Crippen molar-refractivity contribution in [1.29, 1.82) is 0 Å². The lowest BCUT2D eigenvalue weighted by atomic mass is 10.2. The number of aliphatic hydroxyl groups is 2. The van der Waals surface area contributed by atoms with Crippen LogP contribution >= 0.6 is 8.17 Å². The van der Waals surface area contributed by atoms with Crippen LogP contribution in [0, 0.1) is 5.82 Å². The summed E-state index contributed by atoms with van der Waals surface area (Å²) in [6.45, 7) is -0.283. The zero-order valence-corrected chi connectivity index (χ0v) is 13.9. The molecule has 1 aliphatic rings. The van der Waals surface area contributed by atoms with E-state index in [0.29, 0.717) is 12.8 Å². The van der Waals surface area contributed by atoms with Crippen LogP contribution in [-0.2, 0) is 9.26 Å². The first-order chi connectivity index (χ1) is 11.3. The summed E-state index contributed by atoms with van der Waals surface area (Å²) in [4.78, 5) is 50.2. The minimum absolute atomic E-state index is 0.283. The van der Waals surface area contributed by atoms with Crippen LogP contribution in [0.2, 0.25) is 0 Å². The predicted molar refractivity (Wildman–Crippen MR) is 80.2 cm³/mol. The largest absolute Gasteiger partial charge is 0.567 e. The Morgan fingerprint density at radius 2 is 1.88 bits per heavy atom. The van der Waals surface area contributed by atoms with E-state index < -0.39 is 37.6 Å². The second kappa shape index (κ2) is 10.6. The van der Waals surface area contributed by atoms with Crippen LogP contribution in [-0.4, -0.2) is 61.4 Å². The SMILES string of the molecule is CO.CO.O=c1[nH]c(=O)n(C2CCC(CO[P+](O)(O)O)O2)cc1F. The Hall–Kier alpha value is -1.24. The molecule has 2 heterocycles. The van der Waals surface area contributed by atoms with E-state index in [9.17, 15) is 14.0 Å². The van der Waals surface area contributed by atoms with Crippen LogP contribution in [0.3, 0.4) is 0 Å². The lowest BCUT2D eigenvalue weighted by molar-refractivity contribution is -0.0275. The van der Waals surface area contributed by atoms with Gasteiger partial charge in [-0.1, -0.05) is 0 Å². The number of ether oxygens (including phenoxy) is 1. The van der Waals surface area contributed by atoms with E-state index in [1.54, 1.807) is 4.98 Å². The summed E-state index contributed by atoms with van der Waals surface area (Å²) < 4.78 is 23.8. The molecule has 140 valence electrons. The van der Waals surface area contributed by atoms with Gasteiger partial charge in [0.1, 0.15) is 12.8 Å². The zero-order valence-electron chi connectivity index (χ0n) is 13.0. The fraction of sp³-hybridized carbons (Fsp3) is 0.636. The van der Waals surface area contributed by atoms with Gasteiger partial charge >= 0.3 is 13.9 Å².